The van der Waals surface area contributed by atoms with Crippen LogP contribution in [0.25, 0.3) is 0 Å². The normalized spacial score (nSPS) is 18.6. The molecule has 1 aromatic carbocycles. The van der Waals surface area contributed by atoms with Crippen LogP contribution >= 0.6 is 0 Å². The van der Waals surface area contributed by atoms with Crippen molar-refractivity contribution in [2.75, 3.05) is 13.2 Å². The van der Waals surface area contributed by atoms with Gasteiger partial charge in [0.05, 0.1) is 0 Å². The Morgan fingerprint density at radius 1 is 1.00 bits per heavy atom. The first-order chi connectivity index (χ1) is 15.7. The molecule has 1 aromatic heterocycles. The van der Waals surface area contributed by atoms with Gasteiger partial charge in [-0.25, -0.2) is 4.99 Å². The zero-order valence-corrected chi connectivity index (χ0v) is 18.5. The number of carbonyl (C=O) groups is 2. The molecule has 32 heavy (non-hydrogen) atoms. The number of benzene rings is 1. The fourth-order valence-electron chi connectivity index (χ4n) is 4.46. The van der Waals surface area contributed by atoms with E-state index in [0.717, 1.165) is 17.9 Å². The van der Waals surface area contributed by atoms with E-state index >= 15 is 0 Å². The lowest BCUT2D eigenvalue weighted by Gasteiger charge is -2.21. The SMILES string of the molecule is O=C(c1ccc(C2=N[C@H](C(=O)NCCCCC3CCCCC3)CO2)cc1)c1cccnc1. The Morgan fingerprint density at radius 3 is 2.56 bits per heavy atom. The maximum Gasteiger partial charge on any atom is 0.248 e. The van der Waals surface area contributed by atoms with E-state index in [1.54, 1.807) is 48.8 Å². The summed E-state index contributed by atoms with van der Waals surface area (Å²) < 4.78 is 5.66. The Labute approximate surface area is 189 Å². The second-order valence-electron chi connectivity index (χ2n) is 8.70. The van der Waals surface area contributed by atoms with E-state index in [1.165, 1.54) is 44.9 Å². The van der Waals surface area contributed by atoms with Gasteiger partial charge in [-0.1, -0.05) is 57.1 Å². The first-order valence-corrected chi connectivity index (χ1v) is 11.7. The fraction of sp³-hybridized carbons (Fsp3) is 0.462. The van der Waals surface area contributed by atoms with Gasteiger partial charge < -0.3 is 10.1 Å². The molecule has 0 bridgehead atoms. The van der Waals surface area contributed by atoms with Gasteiger partial charge in [0, 0.05) is 35.6 Å². The average Bonchev–Trinajstić information content (AvgIpc) is 3.35. The largest absolute Gasteiger partial charge is 0.475 e. The molecule has 1 fully saturated rings. The molecule has 2 aromatic rings. The molecular formula is C26H31N3O3. The van der Waals surface area contributed by atoms with Crippen LogP contribution in [0.4, 0.5) is 0 Å². The van der Waals surface area contributed by atoms with E-state index < -0.39 is 6.04 Å². The number of unbranched alkanes of at least 4 members (excludes halogenated alkanes) is 1. The topological polar surface area (TPSA) is 80.7 Å². The molecule has 6 nitrogen and oxygen atoms in total. The minimum Gasteiger partial charge on any atom is -0.475 e. The van der Waals surface area contributed by atoms with E-state index in [9.17, 15) is 9.59 Å². The molecule has 1 amide bonds. The molecule has 6 heteroatoms. The molecule has 1 saturated carbocycles. The molecule has 1 aliphatic carbocycles. The minimum atomic E-state index is -0.514. The highest BCUT2D eigenvalue weighted by molar-refractivity contribution is 6.09. The summed E-state index contributed by atoms with van der Waals surface area (Å²) >= 11 is 0. The summed E-state index contributed by atoms with van der Waals surface area (Å²) in [6.07, 6.45) is 13.6. The average molecular weight is 434 g/mol. The standard InChI is InChI=1S/C26H31N3O3/c30-24(22-10-6-15-27-17-22)20-11-13-21(14-12-20)26-29-23(18-32-26)25(31)28-16-5-4-9-19-7-2-1-3-8-19/h6,10-15,17,19,23H,1-5,7-9,16,18H2,(H,28,31)/t23-/m0/s1. The molecule has 0 unspecified atom stereocenters. The van der Waals surface area contributed by atoms with Gasteiger partial charge in [0.1, 0.15) is 6.61 Å². The summed E-state index contributed by atoms with van der Waals surface area (Å²) in [6.45, 7) is 0.942. The van der Waals surface area contributed by atoms with E-state index in [4.69, 9.17) is 4.74 Å². The van der Waals surface area contributed by atoms with Crippen LogP contribution < -0.4 is 5.32 Å². The number of nitrogens with zero attached hydrogens (tertiary/aromatic N) is 2. The van der Waals surface area contributed by atoms with Crippen LogP contribution in [0.2, 0.25) is 0 Å². The van der Waals surface area contributed by atoms with Gasteiger partial charge in [0.15, 0.2) is 11.8 Å². The highest BCUT2D eigenvalue weighted by atomic mass is 16.5. The number of hydrogen-bond acceptors (Lipinski definition) is 5. The predicted molar refractivity (Wildman–Crippen MR) is 124 cm³/mol. The minimum absolute atomic E-state index is 0.0824. The van der Waals surface area contributed by atoms with Crippen LogP contribution in [0.15, 0.2) is 53.8 Å². The number of nitrogens with one attached hydrogen (secondary N) is 1. The summed E-state index contributed by atoms with van der Waals surface area (Å²) in [4.78, 5) is 33.4. The molecule has 1 N–H and O–H groups in total. The molecule has 4 rings (SSSR count). The Hall–Kier alpha value is -3.02. The number of aromatic nitrogens is 1. The summed E-state index contributed by atoms with van der Waals surface area (Å²) in [5.74, 6) is 1.17. The Morgan fingerprint density at radius 2 is 1.81 bits per heavy atom. The third-order valence-electron chi connectivity index (χ3n) is 6.33. The lowest BCUT2D eigenvalue weighted by molar-refractivity contribution is -0.122. The van der Waals surface area contributed by atoms with Crippen molar-refractivity contribution in [2.24, 2.45) is 10.9 Å². The number of rotatable bonds is 9. The van der Waals surface area contributed by atoms with Crippen molar-refractivity contribution < 1.29 is 14.3 Å². The molecule has 1 aliphatic heterocycles. The Kier molecular flexibility index (Phi) is 7.64. The van der Waals surface area contributed by atoms with Crippen LogP contribution in [0.3, 0.4) is 0 Å². The third-order valence-corrected chi connectivity index (χ3v) is 6.33. The monoisotopic (exact) mass is 433 g/mol. The van der Waals surface area contributed by atoms with Crippen molar-refractivity contribution in [3.05, 3.63) is 65.5 Å². The Balaban J connectivity index is 1.23. The number of hydrogen-bond donors (Lipinski definition) is 1. The smallest absolute Gasteiger partial charge is 0.248 e. The van der Waals surface area contributed by atoms with Crippen LogP contribution in [0.1, 0.15) is 72.9 Å². The maximum absolute atomic E-state index is 12.5. The second-order valence-corrected chi connectivity index (χ2v) is 8.70. The molecule has 168 valence electrons. The summed E-state index contributed by atoms with van der Waals surface area (Å²) in [6, 6.07) is 10.1. The lowest BCUT2D eigenvalue weighted by Crippen LogP contribution is -2.34. The highest BCUT2D eigenvalue weighted by Crippen LogP contribution is 2.27. The van der Waals surface area contributed by atoms with Gasteiger partial charge in [-0.15, -0.1) is 0 Å². The summed E-state index contributed by atoms with van der Waals surface area (Å²) in [7, 11) is 0. The summed E-state index contributed by atoms with van der Waals surface area (Å²) in [5.41, 5.74) is 1.88. The zero-order valence-electron chi connectivity index (χ0n) is 18.5. The summed E-state index contributed by atoms with van der Waals surface area (Å²) in [5, 5.41) is 3.00. The first-order valence-electron chi connectivity index (χ1n) is 11.7. The van der Waals surface area contributed by atoms with Gasteiger partial charge in [0.25, 0.3) is 0 Å². The van der Waals surface area contributed by atoms with Gasteiger partial charge in [0.2, 0.25) is 11.8 Å². The maximum atomic E-state index is 12.5. The molecule has 2 aliphatic rings. The predicted octanol–water partition coefficient (Wildman–Crippen LogP) is 4.32. The Bertz CT molecular complexity index is 935. The van der Waals surface area contributed by atoms with Crippen molar-refractivity contribution in [1.82, 2.24) is 10.3 Å². The number of amides is 1. The van der Waals surface area contributed by atoms with E-state index in [0.29, 0.717) is 23.6 Å². The second kappa shape index (κ2) is 11.0. The first kappa shape index (κ1) is 22.2. The number of pyridine rings is 1. The third kappa shape index (κ3) is 5.81. The number of ketones is 1. The van der Waals surface area contributed by atoms with Crippen LogP contribution in [-0.4, -0.2) is 41.8 Å². The van der Waals surface area contributed by atoms with Crippen molar-refractivity contribution in [3.63, 3.8) is 0 Å². The molecular weight excluding hydrogens is 402 g/mol. The fourth-order valence-corrected chi connectivity index (χ4v) is 4.46. The van der Waals surface area contributed by atoms with Crippen LogP contribution in [0, 0.1) is 5.92 Å². The number of carbonyl (C=O) groups excluding carboxylic acids is 2. The lowest BCUT2D eigenvalue weighted by atomic mass is 9.86. The van der Waals surface area contributed by atoms with Crippen LogP contribution in [0.5, 0.6) is 0 Å². The van der Waals surface area contributed by atoms with Crippen molar-refractivity contribution in [1.29, 1.82) is 0 Å². The van der Waals surface area contributed by atoms with Gasteiger partial charge >= 0.3 is 0 Å². The van der Waals surface area contributed by atoms with E-state index in [2.05, 4.69) is 15.3 Å². The number of aliphatic imine (C=N–C) groups is 1. The van der Waals surface area contributed by atoms with E-state index in [-0.39, 0.29) is 18.3 Å². The molecule has 0 spiro atoms. The molecule has 2 heterocycles. The number of ether oxygens (including phenoxy) is 1. The van der Waals surface area contributed by atoms with E-state index in [1.807, 2.05) is 0 Å². The molecule has 0 radical (unpaired) electrons. The van der Waals surface area contributed by atoms with Crippen molar-refractivity contribution in [3.8, 4) is 0 Å². The van der Waals surface area contributed by atoms with Gasteiger partial charge in [-0.05, 0) is 36.6 Å². The molecule has 0 saturated heterocycles. The quantitative estimate of drug-likeness (QED) is 0.472. The highest BCUT2D eigenvalue weighted by Gasteiger charge is 2.26. The van der Waals surface area contributed by atoms with Crippen molar-refractivity contribution in [2.45, 2.75) is 57.4 Å². The van der Waals surface area contributed by atoms with Crippen LogP contribution in [-0.2, 0) is 9.53 Å². The van der Waals surface area contributed by atoms with Crippen molar-refractivity contribution >= 4 is 17.6 Å². The van der Waals surface area contributed by atoms with Gasteiger partial charge in [-0.2, -0.15) is 0 Å². The molecule has 1 atom stereocenters. The zero-order chi connectivity index (χ0) is 22.2. The van der Waals surface area contributed by atoms with Gasteiger partial charge in [-0.3, -0.25) is 14.6 Å².